The van der Waals surface area contributed by atoms with Crippen molar-refractivity contribution in [3.05, 3.63) is 34.2 Å². The van der Waals surface area contributed by atoms with Crippen molar-refractivity contribution in [2.75, 3.05) is 6.54 Å². The fourth-order valence-corrected chi connectivity index (χ4v) is 2.12. The van der Waals surface area contributed by atoms with Gasteiger partial charge in [0.1, 0.15) is 11.6 Å². The van der Waals surface area contributed by atoms with Gasteiger partial charge in [0, 0.05) is 0 Å². The van der Waals surface area contributed by atoms with E-state index < -0.39 is 0 Å². The summed E-state index contributed by atoms with van der Waals surface area (Å²) in [6.45, 7) is 4.87. The topological polar surface area (TPSA) is 25.2 Å². The maximum absolute atomic E-state index is 13.5. The summed E-state index contributed by atoms with van der Waals surface area (Å²) >= 11 is 3.35. The lowest BCUT2D eigenvalue weighted by molar-refractivity contribution is 0.458. The summed E-state index contributed by atoms with van der Waals surface area (Å²) in [5, 5.41) is 3.75. The van der Waals surface area contributed by atoms with Crippen molar-refractivity contribution in [2.45, 2.75) is 19.9 Å². The van der Waals surface area contributed by atoms with Crippen molar-refractivity contribution in [3.8, 4) is 0 Å². The largest absolute Gasteiger partial charge is 0.458 e. The highest BCUT2D eigenvalue weighted by Gasteiger charge is 2.14. The van der Waals surface area contributed by atoms with Gasteiger partial charge in [0.15, 0.2) is 5.58 Å². The van der Waals surface area contributed by atoms with Crippen LogP contribution in [0.2, 0.25) is 0 Å². The molecule has 0 radical (unpaired) electrons. The molecule has 1 aromatic carbocycles. The average Bonchev–Trinajstić information content (AvgIpc) is 2.70. The first-order chi connectivity index (χ1) is 7.63. The zero-order chi connectivity index (χ0) is 11.7. The second-order valence-corrected chi connectivity index (χ2v) is 4.55. The van der Waals surface area contributed by atoms with Gasteiger partial charge in [-0.3, -0.25) is 0 Å². The van der Waals surface area contributed by atoms with Crippen LogP contribution in [0.25, 0.3) is 11.0 Å². The van der Waals surface area contributed by atoms with E-state index in [4.69, 9.17) is 4.42 Å². The first-order valence-electron chi connectivity index (χ1n) is 5.24. The summed E-state index contributed by atoms with van der Waals surface area (Å²) in [6, 6.07) is 4.93. The van der Waals surface area contributed by atoms with Crippen LogP contribution in [0.4, 0.5) is 4.39 Å². The lowest BCUT2D eigenvalue weighted by atomic mass is 10.2. The monoisotopic (exact) mass is 285 g/mol. The SMILES string of the molecule is CCNC(C)c1cc2c(F)ccc(Br)c2o1. The van der Waals surface area contributed by atoms with Gasteiger partial charge in [-0.2, -0.15) is 0 Å². The van der Waals surface area contributed by atoms with Crippen LogP contribution >= 0.6 is 15.9 Å². The second kappa shape index (κ2) is 4.55. The third-order valence-corrected chi connectivity index (χ3v) is 3.16. The highest BCUT2D eigenvalue weighted by atomic mass is 79.9. The molecule has 0 aliphatic rings. The smallest absolute Gasteiger partial charge is 0.151 e. The molecule has 16 heavy (non-hydrogen) atoms. The summed E-state index contributed by atoms with van der Waals surface area (Å²) in [5.41, 5.74) is 0.569. The van der Waals surface area contributed by atoms with Gasteiger partial charge in [-0.05, 0) is 47.6 Å². The van der Waals surface area contributed by atoms with E-state index in [-0.39, 0.29) is 11.9 Å². The third kappa shape index (κ3) is 1.99. The molecule has 0 spiro atoms. The van der Waals surface area contributed by atoms with Crippen molar-refractivity contribution >= 4 is 26.9 Å². The number of hydrogen-bond acceptors (Lipinski definition) is 2. The lowest BCUT2D eigenvalue weighted by Gasteiger charge is -2.07. The van der Waals surface area contributed by atoms with E-state index in [0.29, 0.717) is 11.0 Å². The summed E-state index contributed by atoms with van der Waals surface area (Å²) in [4.78, 5) is 0. The van der Waals surface area contributed by atoms with Crippen LogP contribution in [0.1, 0.15) is 25.6 Å². The van der Waals surface area contributed by atoms with Gasteiger partial charge in [-0.1, -0.05) is 6.92 Å². The predicted octanol–water partition coefficient (Wildman–Crippen LogP) is 4.00. The molecule has 4 heteroatoms. The lowest BCUT2D eigenvalue weighted by Crippen LogP contribution is -2.16. The molecule has 1 heterocycles. The van der Waals surface area contributed by atoms with Crippen molar-refractivity contribution in [3.63, 3.8) is 0 Å². The maximum atomic E-state index is 13.5. The number of fused-ring (bicyclic) bond motifs is 1. The molecule has 0 saturated heterocycles. The Labute approximate surface area is 102 Å². The first kappa shape index (κ1) is 11.6. The van der Waals surface area contributed by atoms with Gasteiger partial charge < -0.3 is 9.73 Å². The number of halogens is 2. The highest BCUT2D eigenvalue weighted by Crippen LogP contribution is 2.31. The van der Waals surface area contributed by atoms with Gasteiger partial charge in [-0.25, -0.2) is 4.39 Å². The number of nitrogens with one attached hydrogen (secondary N) is 1. The minimum atomic E-state index is -0.253. The van der Waals surface area contributed by atoms with Crippen molar-refractivity contribution < 1.29 is 8.81 Å². The minimum Gasteiger partial charge on any atom is -0.458 e. The molecule has 2 aromatic rings. The molecular weight excluding hydrogens is 273 g/mol. The quantitative estimate of drug-likeness (QED) is 0.922. The number of furan rings is 1. The summed E-state index contributed by atoms with van der Waals surface area (Å²) in [7, 11) is 0. The fraction of sp³-hybridized carbons (Fsp3) is 0.333. The van der Waals surface area contributed by atoms with Crippen molar-refractivity contribution in [2.24, 2.45) is 0 Å². The molecule has 86 valence electrons. The Hall–Kier alpha value is -0.870. The minimum absolute atomic E-state index is 0.0868. The van der Waals surface area contributed by atoms with Crippen LogP contribution in [-0.2, 0) is 0 Å². The van der Waals surface area contributed by atoms with Crippen LogP contribution in [-0.4, -0.2) is 6.54 Å². The Kier molecular flexibility index (Phi) is 3.30. The zero-order valence-corrected chi connectivity index (χ0v) is 10.8. The molecule has 0 aliphatic carbocycles. The molecule has 1 atom stereocenters. The molecule has 2 nitrogen and oxygen atoms in total. The molecule has 0 amide bonds. The van der Waals surface area contributed by atoms with E-state index in [1.165, 1.54) is 6.07 Å². The highest BCUT2D eigenvalue weighted by molar-refractivity contribution is 9.10. The van der Waals surface area contributed by atoms with E-state index in [1.54, 1.807) is 12.1 Å². The second-order valence-electron chi connectivity index (χ2n) is 3.70. The Bertz CT molecular complexity index is 470. The van der Waals surface area contributed by atoms with Gasteiger partial charge in [-0.15, -0.1) is 0 Å². The van der Waals surface area contributed by atoms with E-state index in [2.05, 4.69) is 21.2 Å². The van der Waals surface area contributed by atoms with Crippen molar-refractivity contribution in [1.29, 1.82) is 0 Å². The summed E-state index contributed by atoms with van der Waals surface area (Å²) in [6.07, 6.45) is 0. The van der Waals surface area contributed by atoms with E-state index in [9.17, 15) is 4.39 Å². The van der Waals surface area contributed by atoms with Crippen LogP contribution < -0.4 is 5.32 Å². The maximum Gasteiger partial charge on any atom is 0.151 e. The Balaban J connectivity index is 2.51. The van der Waals surface area contributed by atoms with E-state index >= 15 is 0 Å². The predicted molar refractivity (Wildman–Crippen MR) is 66.0 cm³/mol. The molecule has 1 aromatic heterocycles. The average molecular weight is 286 g/mol. The number of benzene rings is 1. The van der Waals surface area contributed by atoms with Crippen molar-refractivity contribution in [1.82, 2.24) is 5.32 Å². The first-order valence-corrected chi connectivity index (χ1v) is 6.03. The van der Waals surface area contributed by atoms with Crippen LogP contribution in [0.15, 0.2) is 27.1 Å². The molecule has 0 fully saturated rings. The Morgan fingerprint density at radius 3 is 2.88 bits per heavy atom. The molecule has 0 saturated carbocycles. The summed E-state index contributed by atoms with van der Waals surface area (Å²) < 4.78 is 19.9. The van der Waals surface area contributed by atoms with Gasteiger partial charge in [0.2, 0.25) is 0 Å². The van der Waals surface area contributed by atoms with Gasteiger partial charge in [0.25, 0.3) is 0 Å². The molecule has 1 N–H and O–H groups in total. The summed E-state index contributed by atoms with van der Waals surface area (Å²) in [5.74, 6) is 0.500. The molecule has 0 aliphatic heterocycles. The number of hydrogen-bond donors (Lipinski definition) is 1. The Morgan fingerprint density at radius 2 is 2.25 bits per heavy atom. The van der Waals surface area contributed by atoms with E-state index in [1.807, 2.05) is 13.8 Å². The third-order valence-electron chi connectivity index (χ3n) is 2.54. The van der Waals surface area contributed by atoms with Crippen LogP contribution in [0.3, 0.4) is 0 Å². The van der Waals surface area contributed by atoms with E-state index in [0.717, 1.165) is 16.8 Å². The Morgan fingerprint density at radius 1 is 1.50 bits per heavy atom. The molecule has 1 unspecified atom stereocenters. The van der Waals surface area contributed by atoms with Crippen LogP contribution in [0.5, 0.6) is 0 Å². The standard InChI is InChI=1S/C12H13BrFNO/c1-3-15-7(2)11-6-8-10(14)5-4-9(13)12(8)16-11/h4-7,15H,3H2,1-2H3. The fourth-order valence-electron chi connectivity index (χ4n) is 1.70. The van der Waals surface area contributed by atoms with Gasteiger partial charge >= 0.3 is 0 Å². The van der Waals surface area contributed by atoms with Crippen LogP contribution in [0, 0.1) is 5.82 Å². The molecule has 0 bridgehead atoms. The molecule has 2 rings (SSSR count). The van der Waals surface area contributed by atoms with Gasteiger partial charge in [0.05, 0.1) is 15.9 Å². The zero-order valence-electron chi connectivity index (χ0n) is 9.18. The normalized spacial score (nSPS) is 13.2. The number of rotatable bonds is 3. The molecular formula is C12H13BrFNO.